The van der Waals surface area contributed by atoms with Gasteiger partial charge in [0.25, 0.3) is 0 Å². The SMILES string of the molecule is COc1cccc(C(C)NCc2ccc(OC)c(-c3ccc4nsnc4c3)c2)c1. The first-order valence-electron chi connectivity index (χ1n) is 9.45. The van der Waals surface area contributed by atoms with Crippen molar-refractivity contribution < 1.29 is 9.47 Å². The molecule has 0 fully saturated rings. The zero-order valence-corrected chi connectivity index (χ0v) is 17.5. The second-order valence-corrected chi connectivity index (χ2v) is 7.41. The molecular weight excluding hydrogens is 382 g/mol. The first kappa shape index (κ1) is 19.4. The highest BCUT2D eigenvalue weighted by Gasteiger charge is 2.11. The van der Waals surface area contributed by atoms with Gasteiger partial charge in [0.1, 0.15) is 22.5 Å². The summed E-state index contributed by atoms with van der Waals surface area (Å²) in [6.45, 7) is 2.90. The number of benzene rings is 3. The Morgan fingerprint density at radius 3 is 2.62 bits per heavy atom. The molecule has 4 rings (SSSR count). The maximum absolute atomic E-state index is 5.60. The second kappa shape index (κ2) is 8.59. The summed E-state index contributed by atoms with van der Waals surface area (Å²) in [5, 5.41) is 3.59. The van der Waals surface area contributed by atoms with Crippen LogP contribution in [-0.2, 0) is 6.54 Å². The average molecular weight is 406 g/mol. The van der Waals surface area contributed by atoms with E-state index in [1.54, 1.807) is 14.2 Å². The van der Waals surface area contributed by atoms with E-state index in [1.807, 2.05) is 24.3 Å². The molecule has 29 heavy (non-hydrogen) atoms. The first-order chi connectivity index (χ1) is 14.2. The number of nitrogens with zero attached hydrogens (tertiary/aromatic N) is 2. The van der Waals surface area contributed by atoms with Crippen LogP contribution in [0.2, 0.25) is 0 Å². The fraction of sp³-hybridized carbons (Fsp3) is 0.217. The third-order valence-corrected chi connectivity index (χ3v) is 5.59. The molecule has 0 amide bonds. The van der Waals surface area contributed by atoms with E-state index >= 15 is 0 Å². The van der Waals surface area contributed by atoms with Gasteiger partial charge in [0.15, 0.2) is 0 Å². The molecule has 1 unspecified atom stereocenters. The molecule has 0 spiro atoms. The van der Waals surface area contributed by atoms with E-state index in [0.717, 1.165) is 40.2 Å². The number of ether oxygens (including phenoxy) is 2. The maximum atomic E-state index is 5.60. The quantitative estimate of drug-likeness (QED) is 0.456. The van der Waals surface area contributed by atoms with Crippen LogP contribution in [0.3, 0.4) is 0 Å². The highest BCUT2D eigenvalue weighted by molar-refractivity contribution is 7.00. The van der Waals surface area contributed by atoms with Crippen molar-refractivity contribution in [1.82, 2.24) is 14.1 Å². The van der Waals surface area contributed by atoms with Gasteiger partial charge in [-0.3, -0.25) is 0 Å². The summed E-state index contributed by atoms with van der Waals surface area (Å²) < 4.78 is 19.6. The maximum Gasteiger partial charge on any atom is 0.126 e. The smallest absolute Gasteiger partial charge is 0.126 e. The first-order valence-corrected chi connectivity index (χ1v) is 10.2. The van der Waals surface area contributed by atoms with Crippen molar-refractivity contribution in [3.05, 3.63) is 71.8 Å². The molecule has 0 saturated carbocycles. The third kappa shape index (κ3) is 4.23. The highest BCUT2D eigenvalue weighted by atomic mass is 32.1. The number of methoxy groups -OCH3 is 2. The van der Waals surface area contributed by atoms with Crippen molar-refractivity contribution in [2.45, 2.75) is 19.5 Å². The van der Waals surface area contributed by atoms with Crippen LogP contribution in [0.25, 0.3) is 22.2 Å². The van der Waals surface area contributed by atoms with Gasteiger partial charge in [0, 0.05) is 18.2 Å². The monoisotopic (exact) mass is 405 g/mol. The summed E-state index contributed by atoms with van der Waals surface area (Å²) in [6.07, 6.45) is 0. The van der Waals surface area contributed by atoms with Crippen molar-refractivity contribution in [2.75, 3.05) is 14.2 Å². The summed E-state index contributed by atoms with van der Waals surface area (Å²) in [4.78, 5) is 0. The number of fused-ring (bicyclic) bond motifs is 1. The van der Waals surface area contributed by atoms with Crippen molar-refractivity contribution in [2.24, 2.45) is 0 Å². The van der Waals surface area contributed by atoms with E-state index in [-0.39, 0.29) is 6.04 Å². The summed E-state index contributed by atoms with van der Waals surface area (Å²) in [5.41, 5.74) is 6.33. The summed E-state index contributed by atoms with van der Waals surface area (Å²) in [6, 6.07) is 20.8. The van der Waals surface area contributed by atoms with Gasteiger partial charge in [-0.15, -0.1) is 0 Å². The number of hydrogen-bond acceptors (Lipinski definition) is 6. The van der Waals surface area contributed by atoms with Crippen LogP contribution in [0.5, 0.6) is 11.5 Å². The number of aromatic nitrogens is 2. The Bertz CT molecular complexity index is 1130. The van der Waals surface area contributed by atoms with Crippen LogP contribution in [0.15, 0.2) is 60.7 Å². The van der Waals surface area contributed by atoms with Crippen LogP contribution >= 0.6 is 11.7 Å². The molecule has 6 heteroatoms. The molecule has 0 aliphatic heterocycles. The normalized spacial score (nSPS) is 12.1. The van der Waals surface area contributed by atoms with E-state index in [2.05, 4.69) is 57.4 Å². The molecule has 0 aliphatic carbocycles. The number of hydrogen-bond donors (Lipinski definition) is 1. The molecule has 1 atom stereocenters. The molecule has 1 N–H and O–H groups in total. The predicted octanol–water partition coefficient (Wildman–Crippen LogP) is 5.23. The van der Waals surface area contributed by atoms with Gasteiger partial charge in [-0.1, -0.05) is 24.3 Å². The lowest BCUT2D eigenvalue weighted by atomic mass is 10.0. The second-order valence-electron chi connectivity index (χ2n) is 6.88. The largest absolute Gasteiger partial charge is 0.497 e. The fourth-order valence-electron chi connectivity index (χ4n) is 3.34. The Labute approximate surface area is 174 Å². The van der Waals surface area contributed by atoms with E-state index in [1.165, 1.54) is 22.9 Å². The van der Waals surface area contributed by atoms with Crippen LogP contribution in [0.1, 0.15) is 24.1 Å². The van der Waals surface area contributed by atoms with E-state index < -0.39 is 0 Å². The molecule has 1 aromatic heterocycles. The molecule has 0 radical (unpaired) electrons. The highest BCUT2D eigenvalue weighted by Crippen LogP contribution is 2.32. The Hall–Kier alpha value is -2.96. The van der Waals surface area contributed by atoms with Crippen molar-refractivity contribution in [1.29, 1.82) is 0 Å². The Kier molecular flexibility index (Phi) is 5.74. The van der Waals surface area contributed by atoms with E-state index in [4.69, 9.17) is 9.47 Å². The molecule has 0 aliphatic rings. The van der Waals surface area contributed by atoms with Crippen molar-refractivity contribution in [3.63, 3.8) is 0 Å². The molecule has 5 nitrogen and oxygen atoms in total. The topological polar surface area (TPSA) is 56.3 Å². The lowest BCUT2D eigenvalue weighted by Gasteiger charge is -2.16. The van der Waals surface area contributed by atoms with Gasteiger partial charge in [0.2, 0.25) is 0 Å². The fourth-order valence-corrected chi connectivity index (χ4v) is 3.86. The van der Waals surface area contributed by atoms with Crippen LogP contribution < -0.4 is 14.8 Å². The Morgan fingerprint density at radius 2 is 1.79 bits per heavy atom. The Morgan fingerprint density at radius 1 is 0.931 bits per heavy atom. The van der Waals surface area contributed by atoms with Crippen LogP contribution in [-0.4, -0.2) is 23.0 Å². The zero-order chi connectivity index (χ0) is 20.2. The summed E-state index contributed by atoms with van der Waals surface area (Å²) in [5.74, 6) is 1.71. The Balaban J connectivity index is 1.56. The molecule has 0 bridgehead atoms. The van der Waals surface area contributed by atoms with E-state index in [0.29, 0.717) is 0 Å². The van der Waals surface area contributed by atoms with Crippen LogP contribution in [0, 0.1) is 0 Å². The average Bonchev–Trinajstić information content (AvgIpc) is 3.25. The van der Waals surface area contributed by atoms with E-state index in [9.17, 15) is 0 Å². The van der Waals surface area contributed by atoms with Gasteiger partial charge in [-0.05, 0) is 60.0 Å². The summed E-state index contributed by atoms with van der Waals surface area (Å²) >= 11 is 1.23. The van der Waals surface area contributed by atoms with Gasteiger partial charge < -0.3 is 14.8 Å². The lowest BCUT2D eigenvalue weighted by molar-refractivity contribution is 0.413. The molecule has 0 saturated heterocycles. The molecule has 3 aromatic carbocycles. The molecule has 4 aromatic rings. The molecular formula is C23H23N3O2S. The minimum atomic E-state index is 0.202. The van der Waals surface area contributed by atoms with Gasteiger partial charge in [0.05, 0.1) is 25.9 Å². The molecule has 148 valence electrons. The van der Waals surface area contributed by atoms with Crippen molar-refractivity contribution >= 4 is 22.8 Å². The van der Waals surface area contributed by atoms with Gasteiger partial charge >= 0.3 is 0 Å². The summed E-state index contributed by atoms with van der Waals surface area (Å²) in [7, 11) is 3.39. The van der Waals surface area contributed by atoms with Crippen molar-refractivity contribution in [3.8, 4) is 22.6 Å². The van der Waals surface area contributed by atoms with Gasteiger partial charge in [-0.2, -0.15) is 8.75 Å². The van der Waals surface area contributed by atoms with Gasteiger partial charge in [-0.25, -0.2) is 0 Å². The minimum absolute atomic E-state index is 0.202. The lowest BCUT2D eigenvalue weighted by Crippen LogP contribution is -2.18. The molecule has 1 heterocycles. The van der Waals surface area contributed by atoms with Crippen LogP contribution in [0.4, 0.5) is 0 Å². The number of nitrogens with one attached hydrogen (secondary N) is 1. The predicted molar refractivity (Wildman–Crippen MR) is 118 cm³/mol. The zero-order valence-electron chi connectivity index (χ0n) is 16.7. The number of rotatable bonds is 7. The third-order valence-electron chi connectivity index (χ3n) is 5.03. The minimum Gasteiger partial charge on any atom is -0.497 e. The standard InChI is InChI=1S/C23H23N3O2S/c1-15(17-5-4-6-19(12-17)27-2)24-14-16-7-10-23(28-3)20(11-16)18-8-9-21-22(13-18)26-29-25-21/h4-13,15,24H,14H2,1-3H3.